The first kappa shape index (κ1) is 39.9. The first-order valence-corrected chi connectivity index (χ1v) is 20.1. The molecule has 40 heavy (non-hydrogen) atoms. The Morgan fingerprint density at radius 1 is 0.325 bits per heavy atom. The van der Waals surface area contributed by atoms with E-state index in [0.717, 1.165) is 32.1 Å². The zero-order valence-electron chi connectivity index (χ0n) is 27.7. The minimum atomic E-state index is -3.32. The average Bonchev–Trinajstić information content (AvgIpc) is 2.94. The molecule has 0 rings (SSSR count). The van der Waals surface area contributed by atoms with E-state index in [9.17, 15) is 8.42 Å². The largest absolute Gasteiger partial charge is 0.270 e. The summed E-state index contributed by atoms with van der Waals surface area (Å²) in [5.74, 6) is 0.198. The van der Waals surface area contributed by atoms with Gasteiger partial charge in [-0.25, -0.2) is 0 Å². The molecule has 4 heteroatoms. The molecule has 0 fully saturated rings. The van der Waals surface area contributed by atoms with Gasteiger partial charge in [-0.3, -0.25) is 4.18 Å². The molecule has 0 unspecified atom stereocenters. The summed E-state index contributed by atoms with van der Waals surface area (Å²) in [5.41, 5.74) is 0. The van der Waals surface area contributed by atoms with E-state index in [1.165, 1.54) is 173 Å². The lowest BCUT2D eigenvalue weighted by Crippen LogP contribution is -2.11. The van der Waals surface area contributed by atoms with Crippen molar-refractivity contribution >= 4 is 10.1 Å². The molecule has 0 aromatic carbocycles. The Bertz CT molecular complexity index is 560. The van der Waals surface area contributed by atoms with E-state index in [0.29, 0.717) is 6.61 Å². The maximum atomic E-state index is 12.1. The molecule has 0 heterocycles. The highest BCUT2D eigenvalue weighted by molar-refractivity contribution is 7.86. The van der Waals surface area contributed by atoms with Crippen LogP contribution in [0.2, 0.25) is 0 Å². The highest BCUT2D eigenvalue weighted by Crippen LogP contribution is 2.16. The molecule has 0 aromatic heterocycles. The van der Waals surface area contributed by atoms with E-state index < -0.39 is 10.1 Å². The van der Waals surface area contributed by atoms with Crippen molar-refractivity contribution in [1.82, 2.24) is 0 Å². The van der Waals surface area contributed by atoms with Crippen LogP contribution in [-0.4, -0.2) is 20.8 Å². The van der Waals surface area contributed by atoms with Gasteiger partial charge in [0.2, 0.25) is 0 Å². The van der Waals surface area contributed by atoms with Crippen LogP contribution in [0.3, 0.4) is 0 Å². The predicted octanol–water partition coefficient (Wildman–Crippen LogP) is 12.9. The second-order valence-corrected chi connectivity index (χ2v) is 14.4. The Morgan fingerprint density at radius 3 is 0.825 bits per heavy atom. The lowest BCUT2D eigenvalue weighted by Gasteiger charge is -2.06. The Labute approximate surface area is 253 Å². The fourth-order valence-electron chi connectivity index (χ4n) is 5.72. The fourth-order valence-corrected chi connectivity index (χ4v) is 6.77. The van der Waals surface area contributed by atoms with Gasteiger partial charge in [0.1, 0.15) is 0 Å². The molecular weight excluding hydrogens is 512 g/mol. The SMILES string of the molecule is CCCCCCCCCCCCCCCCCCCCCCCOS(=O)(=O)CCCCCCCCCCCCC. The Kier molecular flexibility index (Phi) is 33.3. The van der Waals surface area contributed by atoms with Crippen LogP contribution >= 0.6 is 0 Å². The molecule has 0 saturated carbocycles. The van der Waals surface area contributed by atoms with Gasteiger partial charge in [0.15, 0.2) is 0 Å². The molecule has 0 bridgehead atoms. The lowest BCUT2D eigenvalue weighted by molar-refractivity contribution is 0.305. The van der Waals surface area contributed by atoms with Crippen molar-refractivity contribution in [2.45, 2.75) is 219 Å². The van der Waals surface area contributed by atoms with Crippen molar-refractivity contribution in [2.24, 2.45) is 0 Å². The standard InChI is InChI=1S/C36H74O3S/c1-3-5-7-9-11-13-15-16-17-18-19-20-21-22-23-24-25-27-29-31-33-35-39-40(37,38)36-34-32-30-28-26-14-12-10-8-6-4-2/h3-36H2,1-2H3. The Hall–Kier alpha value is -0.0900. The van der Waals surface area contributed by atoms with E-state index in [1.807, 2.05) is 0 Å². The molecule has 0 atom stereocenters. The van der Waals surface area contributed by atoms with Crippen molar-refractivity contribution in [3.63, 3.8) is 0 Å². The van der Waals surface area contributed by atoms with Gasteiger partial charge >= 0.3 is 0 Å². The van der Waals surface area contributed by atoms with Gasteiger partial charge in [-0.15, -0.1) is 0 Å². The molecule has 0 radical (unpaired) electrons. The third-order valence-electron chi connectivity index (χ3n) is 8.51. The quantitative estimate of drug-likeness (QED) is 0.0548. The molecule has 0 aromatic rings. The van der Waals surface area contributed by atoms with E-state index in [1.54, 1.807) is 0 Å². The van der Waals surface area contributed by atoms with Crippen LogP contribution in [0.25, 0.3) is 0 Å². The van der Waals surface area contributed by atoms with Crippen molar-refractivity contribution in [1.29, 1.82) is 0 Å². The molecule has 0 spiro atoms. The second kappa shape index (κ2) is 33.4. The smallest absolute Gasteiger partial charge is 0.267 e. The van der Waals surface area contributed by atoms with E-state index in [-0.39, 0.29) is 5.75 Å². The highest BCUT2D eigenvalue weighted by Gasteiger charge is 2.10. The Morgan fingerprint density at radius 2 is 0.550 bits per heavy atom. The van der Waals surface area contributed by atoms with E-state index in [4.69, 9.17) is 4.18 Å². The monoisotopic (exact) mass is 587 g/mol. The number of unbranched alkanes of at least 4 members (excludes halogenated alkanes) is 30. The molecule has 0 aliphatic rings. The van der Waals surface area contributed by atoms with Crippen LogP contribution in [0.15, 0.2) is 0 Å². The van der Waals surface area contributed by atoms with Gasteiger partial charge in [0.05, 0.1) is 12.4 Å². The Balaban J connectivity index is 3.24. The first-order valence-electron chi connectivity index (χ1n) is 18.5. The van der Waals surface area contributed by atoms with Gasteiger partial charge in [-0.1, -0.05) is 206 Å². The van der Waals surface area contributed by atoms with Crippen LogP contribution in [0.4, 0.5) is 0 Å². The highest BCUT2D eigenvalue weighted by atomic mass is 32.2. The molecule has 0 aliphatic heterocycles. The molecule has 0 aliphatic carbocycles. The summed E-state index contributed by atoms with van der Waals surface area (Å²) in [6.45, 7) is 4.92. The van der Waals surface area contributed by atoms with Gasteiger partial charge in [0.25, 0.3) is 10.1 Å². The maximum Gasteiger partial charge on any atom is 0.267 e. The molecule has 242 valence electrons. The summed E-state index contributed by atoms with van der Waals surface area (Å²) in [4.78, 5) is 0. The third kappa shape index (κ3) is 34.1. The lowest BCUT2D eigenvalue weighted by atomic mass is 10.0. The second-order valence-electron chi connectivity index (χ2n) is 12.7. The summed E-state index contributed by atoms with van der Waals surface area (Å²) in [6, 6.07) is 0. The molecule has 3 nitrogen and oxygen atoms in total. The normalized spacial score (nSPS) is 11.9. The summed E-state index contributed by atoms with van der Waals surface area (Å²) in [5, 5.41) is 0. The number of hydrogen-bond donors (Lipinski definition) is 0. The minimum Gasteiger partial charge on any atom is -0.270 e. The third-order valence-corrected chi connectivity index (χ3v) is 9.82. The van der Waals surface area contributed by atoms with Crippen molar-refractivity contribution in [3.8, 4) is 0 Å². The fraction of sp³-hybridized carbons (Fsp3) is 1.00. The molecule has 0 amide bonds. The van der Waals surface area contributed by atoms with Crippen LogP contribution in [0.1, 0.15) is 219 Å². The maximum absolute atomic E-state index is 12.1. The predicted molar refractivity (Wildman–Crippen MR) is 179 cm³/mol. The van der Waals surface area contributed by atoms with Crippen molar-refractivity contribution in [2.75, 3.05) is 12.4 Å². The van der Waals surface area contributed by atoms with Crippen molar-refractivity contribution in [3.05, 3.63) is 0 Å². The van der Waals surface area contributed by atoms with Gasteiger partial charge in [0, 0.05) is 0 Å². The average molecular weight is 587 g/mol. The molecule has 0 saturated heterocycles. The van der Waals surface area contributed by atoms with Crippen LogP contribution in [0, 0.1) is 0 Å². The summed E-state index contributed by atoms with van der Waals surface area (Å²) in [7, 11) is -3.32. The van der Waals surface area contributed by atoms with Gasteiger partial charge in [-0.05, 0) is 12.8 Å². The topological polar surface area (TPSA) is 43.4 Å². The summed E-state index contributed by atoms with van der Waals surface area (Å²) >= 11 is 0. The van der Waals surface area contributed by atoms with E-state index in [2.05, 4.69) is 13.8 Å². The summed E-state index contributed by atoms with van der Waals surface area (Å²) < 4.78 is 29.4. The van der Waals surface area contributed by atoms with Crippen LogP contribution < -0.4 is 0 Å². The number of rotatable bonds is 35. The first-order chi connectivity index (χ1) is 19.6. The van der Waals surface area contributed by atoms with Gasteiger partial charge in [-0.2, -0.15) is 8.42 Å². The van der Waals surface area contributed by atoms with Gasteiger partial charge < -0.3 is 0 Å². The summed E-state index contributed by atoms with van der Waals surface area (Å²) in [6.07, 6.45) is 42.2. The number of hydrogen-bond acceptors (Lipinski definition) is 3. The van der Waals surface area contributed by atoms with E-state index >= 15 is 0 Å². The molecular formula is C36H74O3S. The van der Waals surface area contributed by atoms with Crippen LogP contribution in [-0.2, 0) is 14.3 Å². The zero-order chi connectivity index (χ0) is 29.2. The van der Waals surface area contributed by atoms with Crippen LogP contribution in [0.5, 0.6) is 0 Å². The minimum absolute atomic E-state index is 0.198. The molecule has 0 N–H and O–H groups in total. The zero-order valence-corrected chi connectivity index (χ0v) is 28.5. The van der Waals surface area contributed by atoms with Crippen molar-refractivity contribution < 1.29 is 12.6 Å².